The number of hydrogen-bond donors (Lipinski definition) is 1. The zero-order valence-electron chi connectivity index (χ0n) is 12.3. The van der Waals surface area contributed by atoms with Gasteiger partial charge in [-0.05, 0) is 77.0 Å². The van der Waals surface area contributed by atoms with E-state index < -0.39 is 0 Å². The van der Waals surface area contributed by atoms with E-state index in [0.29, 0.717) is 0 Å². The molecule has 2 aliphatic rings. The maximum Gasteiger partial charge on any atom is 0.00672 e. The molecule has 106 valence electrons. The zero-order chi connectivity index (χ0) is 12.6. The maximum absolute atomic E-state index is 3.78. The molecular weight excluding hydrogens is 220 g/mol. The van der Waals surface area contributed by atoms with Crippen molar-refractivity contribution in [2.24, 2.45) is 5.92 Å². The molecule has 1 saturated heterocycles. The summed E-state index contributed by atoms with van der Waals surface area (Å²) in [4.78, 5) is 2.62. The van der Waals surface area contributed by atoms with Crippen LogP contribution in [0.4, 0.5) is 0 Å². The highest BCUT2D eigenvalue weighted by Gasteiger charge is 2.19. The van der Waals surface area contributed by atoms with Gasteiger partial charge in [-0.15, -0.1) is 0 Å². The van der Waals surface area contributed by atoms with Gasteiger partial charge in [-0.2, -0.15) is 0 Å². The summed E-state index contributed by atoms with van der Waals surface area (Å²) in [7, 11) is 0. The highest BCUT2D eigenvalue weighted by molar-refractivity contribution is 4.77. The van der Waals surface area contributed by atoms with Crippen LogP contribution in [0.25, 0.3) is 0 Å². The fourth-order valence-electron chi connectivity index (χ4n) is 3.68. The lowest BCUT2D eigenvalue weighted by Crippen LogP contribution is -2.35. The predicted octanol–water partition coefficient (Wildman–Crippen LogP) is 3.42. The summed E-state index contributed by atoms with van der Waals surface area (Å²) in [6, 6.07) is 0.830. The van der Waals surface area contributed by atoms with Crippen LogP contribution in [0.15, 0.2) is 0 Å². The summed E-state index contributed by atoms with van der Waals surface area (Å²) in [6.45, 7) is 7.57. The molecule has 2 heteroatoms. The van der Waals surface area contributed by atoms with Crippen molar-refractivity contribution >= 4 is 0 Å². The average Bonchev–Trinajstić information content (AvgIpc) is 2.90. The monoisotopic (exact) mass is 252 g/mol. The van der Waals surface area contributed by atoms with E-state index in [9.17, 15) is 0 Å². The predicted molar refractivity (Wildman–Crippen MR) is 78.9 cm³/mol. The third-order valence-corrected chi connectivity index (χ3v) is 4.83. The Bertz CT molecular complexity index is 203. The second-order valence-corrected chi connectivity index (χ2v) is 6.36. The Morgan fingerprint density at radius 1 is 1.06 bits per heavy atom. The van der Waals surface area contributed by atoms with Gasteiger partial charge in [-0.1, -0.05) is 19.8 Å². The van der Waals surface area contributed by atoms with Crippen LogP contribution >= 0.6 is 0 Å². The Morgan fingerprint density at radius 3 is 2.44 bits per heavy atom. The van der Waals surface area contributed by atoms with Crippen LogP contribution in [0, 0.1) is 5.92 Å². The molecule has 0 aromatic carbocycles. The summed E-state index contributed by atoms with van der Waals surface area (Å²) < 4.78 is 0. The van der Waals surface area contributed by atoms with Crippen molar-refractivity contribution in [3.8, 4) is 0 Å². The van der Waals surface area contributed by atoms with Gasteiger partial charge >= 0.3 is 0 Å². The smallest absolute Gasteiger partial charge is 0.00672 e. The van der Waals surface area contributed by atoms with Gasteiger partial charge in [0.15, 0.2) is 0 Å². The van der Waals surface area contributed by atoms with E-state index in [1.165, 1.54) is 84.0 Å². The van der Waals surface area contributed by atoms with Crippen molar-refractivity contribution in [2.75, 3.05) is 26.2 Å². The number of nitrogens with zero attached hydrogens (tertiary/aromatic N) is 1. The second-order valence-electron chi connectivity index (χ2n) is 6.36. The van der Waals surface area contributed by atoms with E-state index >= 15 is 0 Å². The van der Waals surface area contributed by atoms with Crippen LogP contribution in [0.3, 0.4) is 0 Å². The van der Waals surface area contributed by atoms with Crippen molar-refractivity contribution in [1.29, 1.82) is 0 Å². The van der Waals surface area contributed by atoms with Crippen molar-refractivity contribution in [3.63, 3.8) is 0 Å². The van der Waals surface area contributed by atoms with E-state index in [1.54, 1.807) is 0 Å². The number of hydrogen-bond acceptors (Lipinski definition) is 2. The van der Waals surface area contributed by atoms with Crippen LogP contribution < -0.4 is 5.32 Å². The zero-order valence-corrected chi connectivity index (χ0v) is 12.3. The summed E-state index contributed by atoms with van der Waals surface area (Å²) in [5.74, 6) is 1.04. The quantitative estimate of drug-likeness (QED) is 0.698. The summed E-state index contributed by atoms with van der Waals surface area (Å²) >= 11 is 0. The fourth-order valence-corrected chi connectivity index (χ4v) is 3.68. The molecule has 18 heavy (non-hydrogen) atoms. The Labute approximate surface area is 114 Å². The van der Waals surface area contributed by atoms with E-state index in [1.807, 2.05) is 0 Å². The van der Waals surface area contributed by atoms with Gasteiger partial charge in [-0.3, -0.25) is 0 Å². The SMILES string of the molecule is CCCC1CCC(NCCCN2CCCC2)CC1. The lowest BCUT2D eigenvalue weighted by Gasteiger charge is -2.29. The standard InChI is InChI=1S/C16H32N2/c1-2-6-15-7-9-16(10-8-15)17-11-5-14-18-12-3-4-13-18/h15-17H,2-14H2,1H3. The van der Waals surface area contributed by atoms with Gasteiger partial charge in [-0.25, -0.2) is 0 Å². The molecule has 1 saturated carbocycles. The van der Waals surface area contributed by atoms with Crippen molar-refractivity contribution < 1.29 is 0 Å². The summed E-state index contributed by atoms with van der Waals surface area (Å²) in [5.41, 5.74) is 0. The molecule has 2 rings (SSSR count). The summed E-state index contributed by atoms with van der Waals surface area (Å²) in [6.07, 6.45) is 12.8. The molecule has 1 N–H and O–H groups in total. The minimum atomic E-state index is 0.830. The minimum absolute atomic E-state index is 0.830. The van der Waals surface area contributed by atoms with Gasteiger partial charge in [0, 0.05) is 6.04 Å². The van der Waals surface area contributed by atoms with Crippen LogP contribution in [0.5, 0.6) is 0 Å². The first-order valence-electron chi connectivity index (χ1n) is 8.34. The molecule has 0 bridgehead atoms. The summed E-state index contributed by atoms with van der Waals surface area (Å²) in [5, 5.41) is 3.78. The molecule has 1 heterocycles. The lowest BCUT2D eigenvalue weighted by atomic mass is 9.83. The minimum Gasteiger partial charge on any atom is -0.314 e. The van der Waals surface area contributed by atoms with Crippen LogP contribution in [-0.2, 0) is 0 Å². The van der Waals surface area contributed by atoms with Crippen LogP contribution in [-0.4, -0.2) is 37.1 Å². The topological polar surface area (TPSA) is 15.3 Å². The molecule has 0 radical (unpaired) electrons. The molecule has 2 nitrogen and oxygen atoms in total. The van der Waals surface area contributed by atoms with Crippen molar-refractivity contribution in [3.05, 3.63) is 0 Å². The highest BCUT2D eigenvalue weighted by atomic mass is 15.1. The van der Waals surface area contributed by atoms with Gasteiger partial charge in [0.1, 0.15) is 0 Å². The molecule has 0 aromatic heterocycles. The van der Waals surface area contributed by atoms with Crippen molar-refractivity contribution in [1.82, 2.24) is 10.2 Å². The molecule has 0 unspecified atom stereocenters. The van der Waals surface area contributed by atoms with E-state index in [2.05, 4.69) is 17.1 Å². The van der Waals surface area contributed by atoms with E-state index in [0.717, 1.165) is 12.0 Å². The second kappa shape index (κ2) is 8.16. The Hall–Kier alpha value is -0.0800. The molecule has 2 fully saturated rings. The fraction of sp³-hybridized carbons (Fsp3) is 1.00. The molecular formula is C16H32N2. The van der Waals surface area contributed by atoms with E-state index in [-0.39, 0.29) is 0 Å². The number of nitrogens with one attached hydrogen (secondary N) is 1. The molecule has 0 aromatic rings. The average molecular weight is 252 g/mol. The van der Waals surface area contributed by atoms with Gasteiger partial charge in [0.25, 0.3) is 0 Å². The maximum atomic E-state index is 3.78. The first-order chi connectivity index (χ1) is 8.88. The van der Waals surface area contributed by atoms with Crippen LogP contribution in [0.2, 0.25) is 0 Å². The number of rotatable bonds is 7. The van der Waals surface area contributed by atoms with Crippen LogP contribution in [0.1, 0.15) is 64.7 Å². The number of likely N-dealkylation sites (tertiary alicyclic amines) is 1. The highest BCUT2D eigenvalue weighted by Crippen LogP contribution is 2.27. The molecule has 0 amide bonds. The molecule has 1 aliphatic carbocycles. The lowest BCUT2D eigenvalue weighted by molar-refractivity contribution is 0.271. The Morgan fingerprint density at radius 2 is 1.78 bits per heavy atom. The normalized spacial score (nSPS) is 29.8. The Kier molecular flexibility index (Phi) is 6.50. The Balaban J connectivity index is 1.47. The van der Waals surface area contributed by atoms with Gasteiger partial charge < -0.3 is 10.2 Å². The third kappa shape index (κ3) is 4.89. The van der Waals surface area contributed by atoms with Gasteiger partial charge in [0.2, 0.25) is 0 Å². The third-order valence-electron chi connectivity index (χ3n) is 4.83. The largest absolute Gasteiger partial charge is 0.314 e. The first kappa shape index (κ1) is 14.3. The molecule has 0 spiro atoms. The van der Waals surface area contributed by atoms with Gasteiger partial charge in [0.05, 0.1) is 0 Å². The molecule has 1 aliphatic heterocycles. The van der Waals surface area contributed by atoms with E-state index in [4.69, 9.17) is 0 Å². The van der Waals surface area contributed by atoms with Crippen molar-refractivity contribution in [2.45, 2.75) is 70.8 Å². The first-order valence-corrected chi connectivity index (χ1v) is 8.34. The molecule has 0 atom stereocenters.